The normalized spacial score (nSPS) is 13.1. The van der Waals surface area contributed by atoms with Crippen molar-refractivity contribution in [3.05, 3.63) is 0 Å². The molecule has 0 amide bonds. The minimum atomic E-state index is -3.08. The molecule has 0 aromatic carbocycles. The molecule has 0 aromatic heterocycles. The number of hydrogen-bond donors (Lipinski definition) is 1. The molecule has 1 N–H and O–H groups in total. The molecule has 0 aliphatic heterocycles. The van der Waals surface area contributed by atoms with Crippen LogP contribution in [-0.2, 0) is 14.8 Å². The van der Waals surface area contributed by atoms with Crippen molar-refractivity contribution in [2.45, 2.75) is 33.6 Å². The van der Waals surface area contributed by atoms with Crippen LogP contribution in [0.3, 0.4) is 0 Å². The Morgan fingerprint density at radius 2 is 1.93 bits per heavy atom. The van der Waals surface area contributed by atoms with Crippen LogP contribution in [0.4, 0.5) is 0 Å². The Bertz CT molecular complexity index is 260. The van der Waals surface area contributed by atoms with Crippen LogP contribution in [0.25, 0.3) is 0 Å². The van der Waals surface area contributed by atoms with Crippen molar-refractivity contribution in [1.29, 1.82) is 0 Å². The van der Waals surface area contributed by atoms with Gasteiger partial charge in [0, 0.05) is 20.3 Å². The van der Waals surface area contributed by atoms with E-state index in [1.165, 1.54) is 0 Å². The van der Waals surface area contributed by atoms with Gasteiger partial charge in [-0.1, -0.05) is 20.8 Å². The van der Waals surface area contributed by atoms with E-state index in [2.05, 4.69) is 4.72 Å². The van der Waals surface area contributed by atoms with Crippen LogP contribution in [0.5, 0.6) is 0 Å². The molecular weight excluding hydrogens is 214 g/mol. The van der Waals surface area contributed by atoms with E-state index in [1.54, 1.807) is 7.11 Å². The van der Waals surface area contributed by atoms with Gasteiger partial charge in [0.15, 0.2) is 0 Å². The van der Waals surface area contributed by atoms with Gasteiger partial charge < -0.3 is 4.74 Å². The summed E-state index contributed by atoms with van der Waals surface area (Å²) in [4.78, 5) is 0. The topological polar surface area (TPSA) is 55.4 Å². The number of methoxy groups -OCH3 is 1. The largest absolute Gasteiger partial charge is 0.385 e. The molecule has 0 spiro atoms. The molecule has 0 unspecified atom stereocenters. The van der Waals surface area contributed by atoms with Gasteiger partial charge in [-0.25, -0.2) is 13.1 Å². The van der Waals surface area contributed by atoms with Crippen molar-refractivity contribution in [1.82, 2.24) is 4.72 Å². The Labute approximate surface area is 93.4 Å². The van der Waals surface area contributed by atoms with Crippen molar-refractivity contribution >= 4 is 10.0 Å². The molecular formula is C10H23NO3S. The fourth-order valence-corrected chi connectivity index (χ4v) is 2.41. The summed E-state index contributed by atoms with van der Waals surface area (Å²) in [5.74, 6) is 0.202. The molecule has 0 bridgehead atoms. The third-order valence-electron chi connectivity index (χ3n) is 2.23. The van der Waals surface area contributed by atoms with Crippen molar-refractivity contribution in [2.75, 3.05) is 26.0 Å². The summed E-state index contributed by atoms with van der Waals surface area (Å²) in [5.41, 5.74) is -0.0587. The average Bonchev–Trinajstić information content (AvgIpc) is 2.12. The first-order valence-electron chi connectivity index (χ1n) is 5.29. The summed E-state index contributed by atoms with van der Waals surface area (Å²) >= 11 is 0. The highest BCUT2D eigenvalue weighted by Gasteiger charge is 2.20. The number of sulfonamides is 1. The molecule has 92 valence electrons. The number of rotatable bonds is 8. The Morgan fingerprint density at radius 3 is 2.40 bits per heavy atom. The molecule has 0 rings (SSSR count). The van der Waals surface area contributed by atoms with Gasteiger partial charge in [-0.2, -0.15) is 0 Å². The van der Waals surface area contributed by atoms with Gasteiger partial charge in [-0.3, -0.25) is 0 Å². The number of ether oxygens (including phenoxy) is 1. The smallest absolute Gasteiger partial charge is 0.211 e. The average molecular weight is 237 g/mol. The van der Waals surface area contributed by atoms with Crippen molar-refractivity contribution in [2.24, 2.45) is 5.41 Å². The van der Waals surface area contributed by atoms with E-state index in [-0.39, 0.29) is 11.2 Å². The van der Waals surface area contributed by atoms with Crippen molar-refractivity contribution in [3.63, 3.8) is 0 Å². The van der Waals surface area contributed by atoms with Crippen molar-refractivity contribution in [3.8, 4) is 0 Å². The standard InChI is InChI=1S/C10H23NO3S/c1-5-8-15(12,13)11-9-10(2,3)6-7-14-4/h11H,5-9H2,1-4H3. The predicted octanol–water partition coefficient (Wildman–Crippen LogP) is 1.38. The lowest BCUT2D eigenvalue weighted by Crippen LogP contribution is -2.35. The van der Waals surface area contributed by atoms with Crippen molar-refractivity contribution < 1.29 is 13.2 Å². The second-order valence-corrected chi connectivity index (χ2v) is 6.47. The van der Waals surface area contributed by atoms with E-state index in [1.807, 2.05) is 20.8 Å². The molecule has 5 heteroatoms. The third-order valence-corrected chi connectivity index (χ3v) is 3.76. The number of hydrogen-bond acceptors (Lipinski definition) is 3. The molecule has 4 nitrogen and oxygen atoms in total. The summed E-state index contributed by atoms with van der Waals surface area (Å²) in [5, 5.41) is 0. The molecule has 0 aliphatic carbocycles. The highest BCUT2D eigenvalue weighted by Crippen LogP contribution is 2.19. The van der Waals surface area contributed by atoms with Gasteiger partial charge >= 0.3 is 0 Å². The van der Waals surface area contributed by atoms with Gasteiger partial charge in [0.1, 0.15) is 0 Å². The quantitative estimate of drug-likeness (QED) is 0.694. The van der Waals surface area contributed by atoms with E-state index < -0.39 is 10.0 Å². The van der Waals surface area contributed by atoms with Crippen LogP contribution in [-0.4, -0.2) is 34.4 Å². The second kappa shape index (κ2) is 6.45. The first-order valence-corrected chi connectivity index (χ1v) is 6.94. The first kappa shape index (κ1) is 14.9. The molecule has 0 aromatic rings. The molecule has 0 saturated heterocycles. The zero-order valence-electron chi connectivity index (χ0n) is 10.2. The van der Waals surface area contributed by atoms with E-state index in [9.17, 15) is 8.42 Å². The van der Waals surface area contributed by atoms with Gasteiger partial charge in [0.2, 0.25) is 10.0 Å². The van der Waals surface area contributed by atoms with Crippen LogP contribution in [0.15, 0.2) is 0 Å². The summed E-state index contributed by atoms with van der Waals surface area (Å²) in [6.45, 7) is 7.04. The molecule has 0 fully saturated rings. The maximum absolute atomic E-state index is 11.4. The Kier molecular flexibility index (Phi) is 6.40. The summed E-state index contributed by atoms with van der Waals surface area (Å²) in [6, 6.07) is 0. The Hall–Kier alpha value is -0.130. The van der Waals surface area contributed by atoms with Crippen LogP contribution in [0.1, 0.15) is 33.6 Å². The minimum Gasteiger partial charge on any atom is -0.385 e. The van der Waals surface area contributed by atoms with E-state index >= 15 is 0 Å². The van der Waals surface area contributed by atoms with Gasteiger partial charge in [-0.05, 0) is 18.3 Å². The van der Waals surface area contributed by atoms with Crippen LogP contribution in [0, 0.1) is 5.41 Å². The molecule has 0 aliphatic rings. The van der Waals surface area contributed by atoms with Gasteiger partial charge in [0.25, 0.3) is 0 Å². The van der Waals surface area contributed by atoms with Crippen LogP contribution < -0.4 is 4.72 Å². The van der Waals surface area contributed by atoms with Crippen LogP contribution >= 0.6 is 0 Å². The lowest BCUT2D eigenvalue weighted by molar-refractivity contribution is 0.153. The zero-order valence-corrected chi connectivity index (χ0v) is 11.0. The predicted molar refractivity (Wildman–Crippen MR) is 62.4 cm³/mol. The fourth-order valence-electron chi connectivity index (χ4n) is 1.11. The maximum atomic E-state index is 11.4. The second-order valence-electron chi connectivity index (χ2n) is 4.55. The van der Waals surface area contributed by atoms with E-state index in [0.29, 0.717) is 19.6 Å². The summed E-state index contributed by atoms with van der Waals surface area (Å²) < 4.78 is 30.4. The maximum Gasteiger partial charge on any atom is 0.211 e. The molecule has 15 heavy (non-hydrogen) atoms. The Balaban J connectivity index is 4.02. The lowest BCUT2D eigenvalue weighted by atomic mass is 9.90. The minimum absolute atomic E-state index is 0.0587. The third kappa shape index (κ3) is 7.76. The summed E-state index contributed by atoms with van der Waals surface area (Å²) in [6.07, 6.45) is 1.49. The Morgan fingerprint density at radius 1 is 1.33 bits per heavy atom. The highest BCUT2D eigenvalue weighted by atomic mass is 32.2. The number of nitrogens with one attached hydrogen (secondary N) is 1. The first-order chi connectivity index (χ1) is 6.83. The molecule has 0 heterocycles. The fraction of sp³-hybridized carbons (Fsp3) is 1.00. The zero-order chi connectivity index (χ0) is 11.9. The van der Waals surface area contributed by atoms with E-state index in [0.717, 1.165) is 6.42 Å². The molecule has 0 radical (unpaired) electrons. The SMILES string of the molecule is CCCS(=O)(=O)NCC(C)(C)CCOC. The highest BCUT2D eigenvalue weighted by molar-refractivity contribution is 7.89. The van der Waals surface area contributed by atoms with Crippen LogP contribution in [0.2, 0.25) is 0 Å². The van der Waals surface area contributed by atoms with E-state index in [4.69, 9.17) is 4.74 Å². The van der Waals surface area contributed by atoms with Gasteiger partial charge in [-0.15, -0.1) is 0 Å². The monoisotopic (exact) mass is 237 g/mol. The molecule has 0 saturated carbocycles. The molecule has 0 atom stereocenters. The lowest BCUT2D eigenvalue weighted by Gasteiger charge is -2.24. The van der Waals surface area contributed by atoms with Gasteiger partial charge in [0.05, 0.1) is 5.75 Å². The summed E-state index contributed by atoms with van der Waals surface area (Å²) in [7, 11) is -1.43.